The van der Waals surface area contributed by atoms with Gasteiger partial charge in [-0.15, -0.1) is 0 Å². The minimum atomic E-state index is -0.588. The summed E-state index contributed by atoms with van der Waals surface area (Å²) in [7, 11) is 0. The van der Waals surface area contributed by atoms with E-state index in [1.165, 1.54) is 6.07 Å². The smallest absolute Gasteiger partial charge is 0.254 e. The van der Waals surface area contributed by atoms with Crippen LogP contribution in [0, 0.1) is 5.82 Å². The summed E-state index contributed by atoms with van der Waals surface area (Å²) in [6.07, 6.45) is 1.46. The number of carbonyl (C=O) groups excluding carboxylic acids is 1. The number of nitrogens with one attached hydrogen (secondary N) is 1. The first kappa shape index (κ1) is 15.1. The van der Waals surface area contributed by atoms with Crippen molar-refractivity contribution < 1.29 is 9.18 Å². The highest BCUT2D eigenvalue weighted by Crippen LogP contribution is 2.40. The molecular formula is C19H20FN3O. The van der Waals surface area contributed by atoms with E-state index in [9.17, 15) is 9.18 Å². The fraction of sp³-hybridized carbons (Fsp3) is 0.316. The molecule has 0 unspecified atom stereocenters. The molecule has 2 aliphatic rings. The van der Waals surface area contributed by atoms with E-state index in [4.69, 9.17) is 0 Å². The number of benzene rings is 2. The summed E-state index contributed by atoms with van der Waals surface area (Å²) in [5.41, 5.74) is 0.778. The van der Waals surface area contributed by atoms with Gasteiger partial charge in [0.2, 0.25) is 0 Å². The van der Waals surface area contributed by atoms with Crippen molar-refractivity contribution in [2.75, 3.05) is 29.6 Å². The van der Waals surface area contributed by atoms with Crippen LogP contribution in [0.1, 0.15) is 12.8 Å². The van der Waals surface area contributed by atoms with Crippen molar-refractivity contribution in [2.45, 2.75) is 18.4 Å². The van der Waals surface area contributed by atoms with E-state index in [1.54, 1.807) is 23.1 Å². The zero-order valence-corrected chi connectivity index (χ0v) is 13.4. The Bertz CT molecular complexity index is 743. The lowest BCUT2D eigenvalue weighted by atomic mass is 9.86. The van der Waals surface area contributed by atoms with Gasteiger partial charge in [-0.3, -0.25) is 9.69 Å². The van der Waals surface area contributed by atoms with Crippen molar-refractivity contribution in [3.8, 4) is 0 Å². The molecule has 2 aliphatic heterocycles. The van der Waals surface area contributed by atoms with Crippen LogP contribution >= 0.6 is 0 Å². The molecule has 0 atom stereocenters. The first-order valence-electron chi connectivity index (χ1n) is 8.32. The molecule has 0 radical (unpaired) electrons. The number of nitrogens with zero attached hydrogens (tertiary/aromatic N) is 2. The van der Waals surface area contributed by atoms with Crippen LogP contribution in [0.15, 0.2) is 54.6 Å². The topological polar surface area (TPSA) is 35.6 Å². The fourth-order valence-electron chi connectivity index (χ4n) is 3.82. The third-order valence-corrected chi connectivity index (χ3v) is 5.08. The maximum absolute atomic E-state index is 14.3. The zero-order chi connectivity index (χ0) is 16.6. The molecule has 2 aromatic rings. The fourth-order valence-corrected chi connectivity index (χ4v) is 3.82. The molecule has 1 N–H and O–H groups in total. The van der Waals surface area contributed by atoms with Gasteiger partial charge in [0.25, 0.3) is 5.91 Å². The number of amides is 1. The Morgan fingerprint density at radius 3 is 2.33 bits per heavy atom. The third-order valence-electron chi connectivity index (χ3n) is 5.08. The number of anilines is 2. The molecule has 2 saturated heterocycles. The number of hydrogen-bond donors (Lipinski definition) is 1. The van der Waals surface area contributed by atoms with Crippen LogP contribution in [0.25, 0.3) is 0 Å². The molecule has 2 fully saturated rings. The number of halogens is 1. The van der Waals surface area contributed by atoms with E-state index in [1.807, 2.05) is 30.3 Å². The van der Waals surface area contributed by atoms with Crippen molar-refractivity contribution >= 4 is 17.3 Å². The molecule has 0 saturated carbocycles. The predicted molar refractivity (Wildman–Crippen MR) is 92.5 cm³/mol. The molecule has 0 aromatic heterocycles. The Hall–Kier alpha value is -2.40. The maximum atomic E-state index is 14.3. The Morgan fingerprint density at radius 2 is 1.62 bits per heavy atom. The predicted octanol–water partition coefficient (Wildman–Crippen LogP) is 2.76. The highest BCUT2D eigenvalue weighted by atomic mass is 19.1. The standard InChI is InChI=1S/C19H20FN3O/c20-16-8-4-5-9-17(16)22-14-23(15-6-2-1-3-7-15)19(18(22)24)10-12-21-13-11-19/h1-9,21H,10-14H2. The van der Waals surface area contributed by atoms with Crippen LogP contribution in [-0.2, 0) is 4.79 Å². The Kier molecular flexibility index (Phi) is 3.73. The average molecular weight is 325 g/mol. The van der Waals surface area contributed by atoms with Gasteiger partial charge in [-0.2, -0.15) is 0 Å². The van der Waals surface area contributed by atoms with Crippen LogP contribution in [0.3, 0.4) is 0 Å². The van der Waals surface area contributed by atoms with Gasteiger partial charge >= 0.3 is 0 Å². The summed E-state index contributed by atoms with van der Waals surface area (Å²) >= 11 is 0. The minimum absolute atomic E-state index is 0.00190. The van der Waals surface area contributed by atoms with E-state index >= 15 is 0 Å². The number of piperidine rings is 1. The summed E-state index contributed by atoms with van der Waals surface area (Å²) < 4.78 is 14.3. The molecular weight excluding hydrogens is 305 g/mol. The lowest BCUT2D eigenvalue weighted by molar-refractivity contribution is -0.122. The maximum Gasteiger partial charge on any atom is 0.254 e. The van der Waals surface area contributed by atoms with Gasteiger partial charge < -0.3 is 10.2 Å². The van der Waals surface area contributed by atoms with E-state index in [-0.39, 0.29) is 11.7 Å². The molecule has 24 heavy (non-hydrogen) atoms. The second-order valence-electron chi connectivity index (χ2n) is 6.37. The van der Waals surface area contributed by atoms with E-state index in [0.29, 0.717) is 12.4 Å². The minimum Gasteiger partial charge on any atom is -0.338 e. The summed E-state index contributed by atoms with van der Waals surface area (Å²) in [5.74, 6) is -0.359. The second-order valence-corrected chi connectivity index (χ2v) is 6.37. The summed E-state index contributed by atoms with van der Waals surface area (Å²) in [6.45, 7) is 1.96. The molecule has 0 aliphatic carbocycles. The normalized spacial score (nSPS) is 20.0. The average Bonchev–Trinajstić information content (AvgIpc) is 2.90. The second kappa shape index (κ2) is 5.91. The van der Waals surface area contributed by atoms with Crippen LogP contribution < -0.4 is 15.1 Å². The summed E-state index contributed by atoms with van der Waals surface area (Å²) in [5, 5.41) is 3.32. The zero-order valence-electron chi connectivity index (χ0n) is 13.4. The Labute approximate surface area is 140 Å². The van der Waals surface area contributed by atoms with E-state index in [2.05, 4.69) is 10.2 Å². The van der Waals surface area contributed by atoms with Gasteiger partial charge in [0, 0.05) is 5.69 Å². The quantitative estimate of drug-likeness (QED) is 0.922. The molecule has 4 rings (SSSR count). The molecule has 2 aromatic carbocycles. The molecule has 4 nitrogen and oxygen atoms in total. The number of carbonyl (C=O) groups is 1. The molecule has 124 valence electrons. The van der Waals surface area contributed by atoms with Crippen molar-refractivity contribution in [2.24, 2.45) is 0 Å². The van der Waals surface area contributed by atoms with Crippen molar-refractivity contribution in [3.63, 3.8) is 0 Å². The van der Waals surface area contributed by atoms with Crippen molar-refractivity contribution in [1.29, 1.82) is 0 Å². The molecule has 0 bridgehead atoms. The van der Waals surface area contributed by atoms with Gasteiger partial charge in [-0.05, 0) is 50.2 Å². The first-order chi connectivity index (χ1) is 11.7. The number of hydrogen-bond acceptors (Lipinski definition) is 3. The lowest BCUT2D eigenvalue weighted by Crippen LogP contribution is -2.55. The van der Waals surface area contributed by atoms with Crippen LogP contribution in [0.2, 0.25) is 0 Å². The number of rotatable bonds is 2. The van der Waals surface area contributed by atoms with Crippen molar-refractivity contribution in [1.82, 2.24) is 5.32 Å². The molecule has 1 spiro atoms. The van der Waals surface area contributed by atoms with Gasteiger partial charge in [0.05, 0.1) is 12.4 Å². The van der Waals surface area contributed by atoms with Crippen LogP contribution in [0.4, 0.5) is 15.8 Å². The SMILES string of the molecule is O=C1N(c2ccccc2F)CN(c2ccccc2)C12CCNCC2. The van der Waals surface area contributed by atoms with Crippen LogP contribution in [0.5, 0.6) is 0 Å². The molecule has 5 heteroatoms. The third kappa shape index (κ3) is 2.27. The van der Waals surface area contributed by atoms with Gasteiger partial charge in [0.1, 0.15) is 11.4 Å². The van der Waals surface area contributed by atoms with Gasteiger partial charge in [0.15, 0.2) is 0 Å². The van der Waals surface area contributed by atoms with Gasteiger partial charge in [-0.1, -0.05) is 30.3 Å². The summed E-state index contributed by atoms with van der Waals surface area (Å²) in [6, 6.07) is 16.4. The molecule has 2 heterocycles. The van der Waals surface area contributed by atoms with Gasteiger partial charge in [-0.25, -0.2) is 4.39 Å². The first-order valence-corrected chi connectivity index (χ1v) is 8.32. The molecule has 1 amide bonds. The number of para-hydroxylation sites is 2. The largest absolute Gasteiger partial charge is 0.338 e. The Balaban J connectivity index is 1.78. The van der Waals surface area contributed by atoms with E-state index in [0.717, 1.165) is 31.6 Å². The summed E-state index contributed by atoms with van der Waals surface area (Å²) in [4.78, 5) is 17.0. The highest BCUT2D eigenvalue weighted by molar-refractivity contribution is 6.06. The highest BCUT2D eigenvalue weighted by Gasteiger charge is 2.53. The van der Waals surface area contributed by atoms with Crippen molar-refractivity contribution in [3.05, 3.63) is 60.4 Å². The lowest BCUT2D eigenvalue weighted by Gasteiger charge is -2.39. The van der Waals surface area contributed by atoms with E-state index < -0.39 is 5.54 Å². The monoisotopic (exact) mass is 325 g/mol. The van der Waals surface area contributed by atoms with Crippen LogP contribution in [-0.4, -0.2) is 31.2 Å². The Morgan fingerprint density at radius 1 is 0.958 bits per heavy atom.